The maximum atomic E-state index is 12.7. The zero-order valence-corrected chi connectivity index (χ0v) is 15.8. The maximum Gasteiger partial charge on any atom is 0.416 e. The molecule has 0 aliphatic heterocycles. The fraction of sp³-hybridized carbons (Fsp3) is 0.0455. The smallest absolute Gasteiger partial charge is 0.416 e. The van der Waals surface area contributed by atoms with E-state index in [2.05, 4.69) is 15.5 Å². The summed E-state index contributed by atoms with van der Waals surface area (Å²) >= 11 is 0. The highest BCUT2D eigenvalue weighted by Gasteiger charge is 2.30. The van der Waals surface area contributed by atoms with Crippen molar-refractivity contribution in [1.29, 1.82) is 0 Å². The first-order chi connectivity index (χ1) is 14.9. The van der Waals surface area contributed by atoms with E-state index >= 15 is 0 Å². The molecule has 0 saturated heterocycles. The Kier molecular flexibility index (Phi) is 5.40. The number of nitrogens with one attached hydrogen (secondary N) is 1. The summed E-state index contributed by atoms with van der Waals surface area (Å²) in [5.74, 6) is 0.555. The van der Waals surface area contributed by atoms with E-state index < -0.39 is 17.6 Å². The molecular formula is C22H14F3N3O3. The molecule has 0 bridgehead atoms. The number of carbonyl (C=O) groups is 1. The average Bonchev–Trinajstić information content (AvgIpc) is 3.22. The van der Waals surface area contributed by atoms with E-state index in [1.807, 2.05) is 18.2 Å². The van der Waals surface area contributed by atoms with Crippen LogP contribution in [0.3, 0.4) is 0 Å². The lowest BCUT2D eigenvalue weighted by Crippen LogP contribution is -2.12. The monoisotopic (exact) mass is 425 g/mol. The Morgan fingerprint density at radius 1 is 0.871 bits per heavy atom. The number of carbonyl (C=O) groups excluding carboxylic acids is 1. The van der Waals surface area contributed by atoms with Crippen LogP contribution in [0.25, 0.3) is 11.5 Å². The second-order valence-corrected chi connectivity index (χ2v) is 6.38. The first kappa shape index (κ1) is 20.1. The number of alkyl halides is 3. The molecule has 0 fully saturated rings. The van der Waals surface area contributed by atoms with Crippen LogP contribution in [0.2, 0.25) is 0 Å². The predicted molar refractivity (Wildman–Crippen MR) is 106 cm³/mol. The van der Waals surface area contributed by atoms with Crippen LogP contribution in [0, 0.1) is 0 Å². The highest BCUT2D eigenvalue weighted by Crippen LogP contribution is 2.31. The van der Waals surface area contributed by atoms with E-state index in [0.29, 0.717) is 22.6 Å². The van der Waals surface area contributed by atoms with Gasteiger partial charge in [-0.3, -0.25) is 10.1 Å². The van der Waals surface area contributed by atoms with Gasteiger partial charge in [0.25, 0.3) is 5.91 Å². The summed E-state index contributed by atoms with van der Waals surface area (Å²) in [5.41, 5.74) is -0.205. The number of nitrogens with zero attached hydrogens (tertiary/aromatic N) is 2. The lowest BCUT2D eigenvalue weighted by Gasteiger charge is -2.07. The number of hydrogen-bond acceptors (Lipinski definition) is 5. The zero-order chi connectivity index (χ0) is 21.8. The average molecular weight is 425 g/mol. The lowest BCUT2D eigenvalue weighted by atomic mass is 10.1. The molecule has 9 heteroatoms. The summed E-state index contributed by atoms with van der Waals surface area (Å²) in [7, 11) is 0. The van der Waals surface area contributed by atoms with Crippen molar-refractivity contribution >= 4 is 11.9 Å². The Balaban J connectivity index is 1.45. The second-order valence-electron chi connectivity index (χ2n) is 6.38. The van der Waals surface area contributed by atoms with Crippen LogP contribution >= 0.6 is 0 Å². The molecule has 1 heterocycles. The van der Waals surface area contributed by atoms with Gasteiger partial charge in [0, 0.05) is 11.1 Å². The van der Waals surface area contributed by atoms with Crippen molar-refractivity contribution in [2.75, 3.05) is 5.32 Å². The van der Waals surface area contributed by atoms with Crippen LogP contribution in [-0.2, 0) is 6.18 Å². The van der Waals surface area contributed by atoms with Gasteiger partial charge in [0.2, 0.25) is 5.89 Å². The van der Waals surface area contributed by atoms with Crippen molar-refractivity contribution in [2.24, 2.45) is 0 Å². The standard InChI is InChI=1S/C22H14F3N3O3/c23-22(24,25)16-11-9-14(10-12-16)20-27-28-21(31-20)26-19(29)15-5-4-8-18(13-15)30-17-6-2-1-3-7-17/h1-13H,(H,26,28,29). The van der Waals surface area contributed by atoms with Gasteiger partial charge in [0.1, 0.15) is 11.5 Å². The van der Waals surface area contributed by atoms with Gasteiger partial charge in [-0.25, -0.2) is 0 Å². The molecule has 0 spiro atoms. The van der Waals surface area contributed by atoms with Gasteiger partial charge in [-0.15, -0.1) is 5.10 Å². The zero-order valence-electron chi connectivity index (χ0n) is 15.8. The Morgan fingerprint density at radius 2 is 1.58 bits per heavy atom. The van der Waals surface area contributed by atoms with Crippen LogP contribution in [-0.4, -0.2) is 16.1 Å². The van der Waals surface area contributed by atoms with Gasteiger partial charge in [-0.2, -0.15) is 13.2 Å². The number of para-hydroxylation sites is 1. The van der Waals surface area contributed by atoms with Crippen molar-refractivity contribution in [3.8, 4) is 23.0 Å². The topological polar surface area (TPSA) is 77.3 Å². The quantitative estimate of drug-likeness (QED) is 0.437. The van der Waals surface area contributed by atoms with Gasteiger partial charge >= 0.3 is 12.2 Å². The lowest BCUT2D eigenvalue weighted by molar-refractivity contribution is -0.137. The minimum Gasteiger partial charge on any atom is -0.457 e. The van der Waals surface area contributed by atoms with E-state index in [1.54, 1.807) is 36.4 Å². The summed E-state index contributed by atoms with van der Waals surface area (Å²) in [4.78, 5) is 12.5. The minimum atomic E-state index is -4.44. The molecule has 0 aliphatic carbocycles. The number of ether oxygens (including phenoxy) is 1. The minimum absolute atomic E-state index is 0.0230. The van der Waals surface area contributed by atoms with Crippen LogP contribution in [0.1, 0.15) is 15.9 Å². The molecular weight excluding hydrogens is 411 g/mol. The Bertz CT molecular complexity index is 1190. The third-order valence-corrected chi connectivity index (χ3v) is 4.18. The first-order valence-corrected chi connectivity index (χ1v) is 9.04. The summed E-state index contributed by atoms with van der Waals surface area (Å²) in [6.07, 6.45) is -4.44. The predicted octanol–water partition coefficient (Wildman–Crippen LogP) is 5.80. The maximum absolute atomic E-state index is 12.7. The molecule has 4 aromatic rings. The van der Waals surface area contributed by atoms with E-state index in [4.69, 9.17) is 9.15 Å². The van der Waals surface area contributed by atoms with Gasteiger partial charge < -0.3 is 9.15 Å². The van der Waals surface area contributed by atoms with Crippen LogP contribution in [0.5, 0.6) is 11.5 Å². The van der Waals surface area contributed by atoms with E-state index in [-0.39, 0.29) is 11.9 Å². The Hall–Kier alpha value is -4.14. The number of amides is 1. The summed E-state index contributed by atoms with van der Waals surface area (Å²) in [6, 6.07) is 19.7. The van der Waals surface area contributed by atoms with E-state index in [1.165, 1.54) is 12.1 Å². The third-order valence-electron chi connectivity index (χ3n) is 4.18. The van der Waals surface area contributed by atoms with Crippen LogP contribution in [0.15, 0.2) is 83.3 Å². The third kappa shape index (κ3) is 4.89. The van der Waals surface area contributed by atoms with Crippen molar-refractivity contribution in [2.45, 2.75) is 6.18 Å². The largest absolute Gasteiger partial charge is 0.457 e. The molecule has 0 unspecified atom stereocenters. The highest BCUT2D eigenvalue weighted by atomic mass is 19.4. The normalized spacial score (nSPS) is 11.2. The number of hydrogen-bond donors (Lipinski definition) is 1. The second kappa shape index (κ2) is 8.31. The highest BCUT2D eigenvalue weighted by molar-refractivity contribution is 6.03. The van der Waals surface area contributed by atoms with E-state index in [9.17, 15) is 18.0 Å². The van der Waals surface area contributed by atoms with Gasteiger partial charge in [0.05, 0.1) is 5.56 Å². The molecule has 156 valence electrons. The van der Waals surface area contributed by atoms with Crippen LogP contribution < -0.4 is 10.1 Å². The number of benzene rings is 3. The number of halogens is 3. The molecule has 0 radical (unpaired) electrons. The van der Waals surface area contributed by atoms with Gasteiger partial charge in [-0.1, -0.05) is 29.4 Å². The van der Waals surface area contributed by atoms with E-state index in [0.717, 1.165) is 12.1 Å². The molecule has 4 rings (SSSR count). The number of aromatic nitrogens is 2. The summed E-state index contributed by atoms with van der Waals surface area (Å²) in [6.45, 7) is 0. The molecule has 0 aliphatic rings. The Morgan fingerprint density at radius 3 is 2.29 bits per heavy atom. The molecule has 31 heavy (non-hydrogen) atoms. The fourth-order valence-corrected chi connectivity index (χ4v) is 2.69. The molecule has 1 amide bonds. The molecule has 1 aromatic heterocycles. The molecule has 3 aromatic carbocycles. The van der Waals surface area contributed by atoms with Crippen molar-refractivity contribution in [1.82, 2.24) is 10.2 Å². The Labute approximate surface area is 174 Å². The first-order valence-electron chi connectivity index (χ1n) is 9.04. The SMILES string of the molecule is O=C(Nc1nnc(-c2ccc(C(F)(F)F)cc2)o1)c1cccc(Oc2ccccc2)c1. The molecule has 6 nitrogen and oxygen atoms in total. The number of anilines is 1. The fourth-order valence-electron chi connectivity index (χ4n) is 2.69. The number of rotatable bonds is 5. The van der Waals surface area contributed by atoms with Crippen molar-refractivity contribution < 1.29 is 27.1 Å². The molecule has 0 atom stereocenters. The van der Waals surface area contributed by atoms with Crippen molar-refractivity contribution in [3.63, 3.8) is 0 Å². The summed E-state index contributed by atoms with van der Waals surface area (Å²) < 4.78 is 49.1. The summed E-state index contributed by atoms with van der Waals surface area (Å²) in [5, 5.41) is 9.94. The van der Waals surface area contributed by atoms with Crippen LogP contribution in [0.4, 0.5) is 19.2 Å². The molecule has 0 saturated carbocycles. The molecule has 1 N–H and O–H groups in total. The van der Waals surface area contributed by atoms with Gasteiger partial charge in [0.15, 0.2) is 0 Å². The van der Waals surface area contributed by atoms with Crippen molar-refractivity contribution in [3.05, 3.63) is 90.0 Å². The van der Waals surface area contributed by atoms with Gasteiger partial charge in [-0.05, 0) is 54.6 Å².